The second-order valence-electron chi connectivity index (χ2n) is 17.4. The van der Waals surface area contributed by atoms with Crippen molar-refractivity contribution in [1.29, 1.82) is 0 Å². The highest BCUT2D eigenvalue weighted by Gasteiger charge is 2.48. The van der Waals surface area contributed by atoms with Crippen LogP contribution in [-0.4, -0.2) is 65.2 Å². The molecular formula is C38H68O7Si2. The molecule has 0 unspecified atom stereocenters. The molecule has 1 saturated heterocycles. The predicted molar refractivity (Wildman–Crippen MR) is 195 cm³/mol. The molecule has 7 nitrogen and oxygen atoms in total. The zero-order valence-corrected chi connectivity index (χ0v) is 34.3. The van der Waals surface area contributed by atoms with Gasteiger partial charge in [-0.25, -0.2) is 4.79 Å². The Morgan fingerprint density at radius 2 is 1.51 bits per heavy atom. The van der Waals surface area contributed by atoms with Crippen LogP contribution in [0.25, 0.3) is 0 Å². The van der Waals surface area contributed by atoms with Gasteiger partial charge >= 0.3 is 11.9 Å². The number of ether oxygens (including phenoxy) is 3. The Balaban J connectivity index is 1.89. The predicted octanol–water partition coefficient (Wildman–Crippen LogP) is 9.53. The van der Waals surface area contributed by atoms with Crippen LogP contribution in [0.3, 0.4) is 0 Å². The Kier molecular flexibility index (Phi) is 13.1. The van der Waals surface area contributed by atoms with E-state index in [0.29, 0.717) is 32.3 Å². The molecule has 0 aromatic heterocycles. The second-order valence-corrected chi connectivity index (χ2v) is 26.9. The second kappa shape index (κ2) is 15.3. The molecule has 1 aliphatic heterocycles. The highest BCUT2D eigenvalue weighted by atomic mass is 28.4. The maximum atomic E-state index is 14.0. The summed E-state index contributed by atoms with van der Waals surface area (Å²) in [6, 6.07) is 0. The zero-order valence-electron chi connectivity index (χ0n) is 32.3. The number of carbonyl (C=O) groups is 2. The van der Waals surface area contributed by atoms with Crippen LogP contribution in [0.5, 0.6) is 0 Å². The van der Waals surface area contributed by atoms with E-state index >= 15 is 0 Å². The Labute approximate surface area is 289 Å². The maximum Gasteiger partial charge on any atom is 0.338 e. The topological polar surface area (TPSA) is 80.3 Å². The third-order valence-electron chi connectivity index (χ3n) is 12.1. The molecule has 3 rings (SSSR count). The lowest BCUT2D eigenvalue weighted by atomic mass is 9.66. The third-order valence-corrected chi connectivity index (χ3v) is 21.1. The van der Waals surface area contributed by atoms with Crippen molar-refractivity contribution >= 4 is 28.6 Å². The van der Waals surface area contributed by atoms with Crippen LogP contribution in [0.4, 0.5) is 0 Å². The van der Waals surface area contributed by atoms with Crippen molar-refractivity contribution in [3.63, 3.8) is 0 Å². The van der Waals surface area contributed by atoms with Crippen molar-refractivity contribution in [3.05, 3.63) is 23.8 Å². The standard InChI is InChI=1S/C38H68O7Si2/c1-15-38(16-2,41-17-3)35(40)43-32-24-29(44-46(11,12)36(5,6)7)22-27-19-18-26(4)31(34(27)32)21-20-28-23-30(25-33(39)42-28)45-47(13,14)37(8,9)10/h18-19,22,26,28-32,34H,15-17,20-21,23-25H2,1-14H3/t26-,28+,29+,30+,31-,32-,34-/m0/s1. The van der Waals surface area contributed by atoms with Crippen LogP contribution in [0, 0.1) is 17.8 Å². The van der Waals surface area contributed by atoms with E-state index in [-0.39, 0.29) is 64.2 Å². The van der Waals surface area contributed by atoms with Crippen molar-refractivity contribution in [2.75, 3.05) is 6.61 Å². The van der Waals surface area contributed by atoms with E-state index in [9.17, 15) is 9.59 Å². The summed E-state index contributed by atoms with van der Waals surface area (Å²) >= 11 is 0. The number of esters is 2. The lowest BCUT2D eigenvalue weighted by Crippen LogP contribution is -2.50. The molecule has 2 aliphatic carbocycles. The molecule has 1 fully saturated rings. The summed E-state index contributed by atoms with van der Waals surface area (Å²) < 4.78 is 32.2. The van der Waals surface area contributed by atoms with E-state index in [1.165, 1.54) is 5.57 Å². The van der Waals surface area contributed by atoms with E-state index in [4.69, 9.17) is 23.1 Å². The number of carbonyl (C=O) groups excluding carboxylic acids is 2. The van der Waals surface area contributed by atoms with Gasteiger partial charge in [0.2, 0.25) is 0 Å². The Hall–Kier alpha value is -1.27. The van der Waals surface area contributed by atoms with Crippen LogP contribution in [0.15, 0.2) is 23.8 Å². The summed E-state index contributed by atoms with van der Waals surface area (Å²) in [5.41, 5.74) is 0.239. The van der Waals surface area contributed by atoms with E-state index in [1.54, 1.807) is 0 Å². The molecule has 9 heteroatoms. The van der Waals surface area contributed by atoms with Crippen LogP contribution in [0.1, 0.15) is 114 Å². The summed E-state index contributed by atoms with van der Waals surface area (Å²) in [6.07, 6.45) is 10.5. The first kappa shape index (κ1) is 40.2. The smallest absolute Gasteiger partial charge is 0.338 e. The quantitative estimate of drug-likeness (QED) is 0.141. The minimum absolute atomic E-state index is 0.0322. The molecule has 0 radical (unpaired) electrons. The third kappa shape index (κ3) is 9.50. The van der Waals surface area contributed by atoms with Gasteiger partial charge in [-0.15, -0.1) is 0 Å². The molecule has 0 bridgehead atoms. The number of hydrogen-bond donors (Lipinski definition) is 0. The van der Waals surface area contributed by atoms with Crippen molar-refractivity contribution in [2.24, 2.45) is 17.8 Å². The Morgan fingerprint density at radius 3 is 2.06 bits per heavy atom. The molecule has 0 aromatic carbocycles. The minimum Gasteiger partial charge on any atom is -0.462 e. The average molecular weight is 693 g/mol. The normalized spacial score (nSPS) is 29.2. The van der Waals surface area contributed by atoms with Gasteiger partial charge in [-0.1, -0.05) is 80.5 Å². The SMILES string of the molecule is CCOC(CC)(CC)C(=O)O[C@H]1C[C@H](O[Si](C)(C)C(C)(C)C)C=C2C=C[C@H](C)[C@H](CC[C@@H]3C[C@@H](O[Si](C)(C)C(C)(C)C)CC(=O)O3)[C@H]21. The molecule has 0 N–H and O–H groups in total. The molecule has 0 spiro atoms. The summed E-state index contributed by atoms with van der Waals surface area (Å²) in [6.45, 7) is 31.2. The van der Waals surface area contributed by atoms with Gasteiger partial charge in [0, 0.05) is 25.4 Å². The van der Waals surface area contributed by atoms with Crippen LogP contribution in [0.2, 0.25) is 36.3 Å². The number of rotatable bonds is 13. The van der Waals surface area contributed by atoms with Crippen molar-refractivity contribution in [1.82, 2.24) is 0 Å². The first-order valence-corrected chi connectivity index (χ1v) is 24.2. The molecule has 0 aromatic rings. The Bertz CT molecular complexity index is 1140. The summed E-state index contributed by atoms with van der Waals surface area (Å²) in [5, 5.41) is 0.136. The highest BCUT2D eigenvalue weighted by molar-refractivity contribution is 6.74. The van der Waals surface area contributed by atoms with Gasteiger partial charge in [-0.2, -0.15) is 0 Å². The van der Waals surface area contributed by atoms with Crippen molar-refractivity contribution in [3.8, 4) is 0 Å². The molecule has 7 atom stereocenters. The van der Waals surface area contributed by atoms with Gasteiger partial charge in [0.15, 0.2) is 22.2 Å². The van der Waals surface area contributed by atoms with E-state index in [1.807, 2.05) is 20.8 Å². The molecule has 0 saturated carbocycles. The fraction of sp³-hybridized carbons (Fsp3) is 0.842. The van der Waals surface area contributed by atoms with Crippen LogP contribution >= 0.6 is 0 Å². The number of cyclic esters (lactones) is 1. The van der Waals surface area contributed by atoms with Gasteiger partial charge in [-0.3, -0.25) is 4.79 Å². The molecular weight excluding hydrogens is 625 g/mol. The lowest BCUT2D eigenvalue weighted by molar-refractivity contribution is -0.184. The number of allylic oxidation sites excluding steroid dienone is 2. The average Bonchev–Trinajstić information content (AvgIpc) is 2.93. The summed E-state index contributed by atoms with van der Waals surface area (Å²) in [7, 11) is -4.11. The van der Waals surface area contributed by atoms with Gasteiger partial charge in [-0.05, 0) is 86.3 Å². The lowest BCUT2D eigenvalue weighted by Gasteiger charge is -2.47. The molecule has 47 heavy (non-hydrogen) atoms. The van der Waals surface area contributed by atoms with Gasteiger partial charge in [0.25, 0.3) is 0 Å². The van der Waals surface area contributed by atoms with Gasteiger partial charge in [0.1, 0.15) is 12.2 Å². The minimum atomic E-state index is -2.08. The molecule has 0 amide bonds. The highest BCUT2D eigenvalue weighted by Crippen LogP contribution is 2.47. The summed E-state index contributed by atoms with van der Waals surface area (Å²) in [5.74, 6) is 0.106. The monoisotopic (exact) mass is 692 g/mol. The largest absolute Gasteiger partial charge is 0.462 e. The van der Waals surface area contributed by atoms with E-state index in [0.717, 1.165) is 19.3 Å². The number of hydrogen-bond acceptors (Lipinski definition) is 7. The zero-order chi connectivity index (χ0) is 35.6. The van der Waals surface area contributed by atoms with E-state index in [2.05, 4.69) is 92.9 Å². The van der Waals surface area contributed by atoms with Gasteiger partial charge < -0.3 is 23.1 Å². The van der Waals surface area contributed by atoms with Crippen molar-refractivity contribution < 1.29 is 32.7 Å². The van der Waals surface area contributed by atoms with Crippen LogP contribution < -0.4 is 0 Å². The van der Waals surface area contributed by atoms with Crippen molar-refractivity contribution in [2.45, 2.75) is 180 Å². The molecule has 270 valence electrons. The first-order chi connectivity index (χ1) is 21.6. The molecule has 1 heterocycles. The summed E-state index contributed by atoms with van der Waals surface area (Å²) in [4.78, 5) is 26.8. The van der Waals surface area contributed by atoms with Crippen LogP contribution in [-0.2, 0) is 32.7 Å². The molecule has 3 aliphatic rings. The first-order valence-electron chi connectivity index (χ1n) is 18.4. The Morgan fingerprint density at radius 1 is 0.915 bits per heavy atom. The van der Waals surface area contributed by atoms with E-state index < -0.39 is 22.2 Å². The fourth-order valence-corrected chi connectivity index (χ4v) is 9.65. The number of fused-ring (bicyclic) bond motifs is 1. The fourth-order valence-electron chi connectivity index (χ4n) is 7.01. The maximum absolute atomic E-state index is 14.0. The van der Waals surface area contributed by atoms with Gasteiger partial charge in [0.05, 0.1) is 18.6 Å².